The van der Waals surface area contributed by atoms with E-state index in [0.717, 1.165) is 38.0 Å². The fourth-order valence-corrected chi connectivity index (χ4v) is 2.43. The largest absolute Gasteiger partial charge is 0.377 e. The van der Waals surface area contributed by atoms with Gasteiger partial charge in [-0.3, -0.25) is 10.1 Å². The van der Waals surface area contributed by atoms with E-state index in [1.54, 1.807) is 12.1 Å². The lowest BCUT2D eigenvalue weighted by Crippen LogP contribution is -2.29. The molecule has 1 saturated heterocycles. The average molecular weight is 264 g/mol. The molecule has 5 nitrogen and oxygen atoms in total. The molecule has 1 aromatic rings. The van der Waals surface area contributed by atoms with Crippen molar-refractivity contribution in [3.05, 3.63) is 39.9 Å². The summed E-state index contributed by atoms with van der Waals surface area (Å²) in [6.07, 6.45) is 3.40. The maximum atomic E-state index is 10.8. The van der Waals surface area contributed by atoms with E-state index >= 15 is 0 Å². The second-order valence-electron chi connectivity index (χ2n) is 4.86. The Labute approximate surface area is 113 Å². The quantitative estimate of drug-likeness (QED) is 0.634. The van der Waals surface area contributed by atoms with Crippen LogP contribution in [-0.4, -0.2) is 24.2 Å². The van der Waals surface area contributed by atoms with Crippen molar-refractivity contribution in [2.45, 2.75) is 38.3 Å². The van der Waals surface area contributed by atoms with Gasteiger partial charge in [0, 0.05) is 31.3 Å². The van der Waals surface area contributed by atoms with Gasteiger partial charge in [0.05, 0.1) is 11.0 Å². The Morgan fingerprint density at radius 3 is 3.05 bits per heavy atom. The first-order chi connectivity index (χ1) is 9.20. The van der Waals surface area contributed by atoms with Gasteiger partial charge in [0.1, 0.15) is 0 Å². The third kappa shape index (κ3) is 3.75. The number of hydrogen-bond donors (Lipinski definition) is 1. The second-order valence-corrected chi connectivity index (χ2v) is 4.86. The number of rotatable bonds is 6. The summed E-state index contributed by atoms with van der Waals surface area (Å²) in [6, 6.07) is 6.99. The average Bonchev–Trinajstić information content (AvgIpc) is 2.93. The van der Waals surface area contributed by atoms with E-state index < -0.39 is 0 Å². The molecular formula is C14H20N2O3. The minimum absolute atomic E-state index is 0.143. The number of nitro groups is 1. The van der Waals surface area contributed by atoms with E-state index in [1.807, 2.05) is 6.07 Å². The molecule has 1 fully saturated rings. The highest BCUT2D eigenvalue weighted by Gasteiger charge is 2.18. The van der Waals surface area contributed by atoms with Crippen LogP contribution >= 0.6 is 0 Å². The lowest BCUT2D eigenvalue weighted by Gasteiger charge is -2.19. The first kappa shape index (κ1) is 14.0. The van der Waals surface area contributed by atoms with Gasteiger partial charge in [-0.05, 0) is 24.8 Å². The summed E-state index contributed by atoms with van der Waals surface area (Å²) in [5.41, 5.74) is 1.12. The number of hydrogen-bond acceptors (Lipinski definition) is 4. The van der Waals surface area contributed by atoms with Crippen molar-refractivity contribution in [3.63, 3.8) is 0 Å². The van der Waals surface area contributed by atoms with Gasteiger partial charge in [-0.2, -0.15) is 0 Å². The molecule has 0 aliphatic carbocycles. The van der Waals surface area contributed by atoms with Crippen molar-refractivity contribution < 1.29 is 9.66 Å². The van der Waals surface area contributed by atoms with Crippen molar-refractivity contribution in [2.24, 2.45) is 0 Å². The lowest BCUT2D eigenvalue weighted by atomic mass is 10.0. The van der Waals surface area contributed by atoms with Gasteiger partial charge < -0.3 is 10.1 Å². The molecule has 1 aliphatic heterocycles. The van der Waals surface area contributed by atoms with Crippen LogP contribution in [0.5, 0.6) is 0 Å². The normalized spacial score (nSPS) is 20.4. The summed E-state index contributed by atoms with van der Waals surface area (Å²) in [4.78, 5) is 10.4. The van der Waals surface area contributed by atoms with Crippen molar-refractivity contribution in [2.75, 3.05) is 13.2 Å². The van der Waals surface area contributed by atoms with E-state index in [2.05, 4.69) is 12.2 Å². The zero-order valence-corrected chi connectivity index (χ0v) is 11.2. The van der Waals surface area contributed by atoms with Gasteiger partial charge >= 0.3 is 0 Å². The fourth-order valence-electron chi connectivity index (χ4n) is 2.43. The number of nitro benzene ring substituents is 1. The minimum atomic E-state index is -0.351. The Hall–Kier alpha value is -1.46. The molecular weight excluding hydrogens is 244 g/mol. The third-order valence-electron chi connectivity index (χ3n) is 3.51. The van der Waals surface area contributed by atoms with Crippen LogP contribution in [0.1, 0.15) is 37.8 Å². The van der Waals surface area contributed by atoms with Gasteiger partial charge in [-0.15, -0.1) is 0 Å². The van der Waals surface area contributed by atoms with Gasteiger partial charge in [0.25, 0.3) is 5.69 Å². The number of non-ortho nitro benzene ring substituents is 1. The van der Waals surface area contributed by atoms with Gasteiger partial charge in [-0.25, -0.2) is 0 Å². The van der Waals surface area contributed by atoms with Crippen LogP contribution in [0.4, 0.5) is 5.69 Å². The summed E-state index contributed by atoms with van der Waals surface area (Å²) in [5, 5.41) is 14.2. The molecule has 2 unspecified atom stereocenters. The molecule has 5 heteroatoms. The number of benzene rings is 1. The first-order valence-electron chi connectivity index (χ1n) is 6.80. The molecule has 2 rings (SSSR count). The summed E-state index contributed by atoms with van der Waals surface area (Å²) < 4.78 is 5.57. The second kappa shape index (κ2) is 6.63. The van der Waals surface area contributed by atoms with E-state index in [0.29, 0.717) is 0 Å². The number of ether oxygens (including phenoxy) is 1. The number of nitrogens with one attached hydrogen (secondary N) is 1. The van der Waals surface area contributed by atoms with Crippen LogP contribution in [0.2, 0.25) is 0 Å². The Kier molecular flexibility index (Phi) is 4.87. The van der Waals surface area contributed by atoms with Crippen LogP contribution in [-0.2, 0) is 4.74 Å². The molecule has 1 N–H and O–H groups in total. The van der Waals surface area contributed by atoms with Crippen molar-refractivity contribution in [1.82, 2.24) is 5.32 Å². The van der Waals surface area contributed by atoms with Crippen molar-refractivity contribution in [1.29, 1.82) is 0 Å². The molecule has 2 atom stereocenters. The summed E-state index contributed by atoms with van der Waals surface area (Å²) >= 11 is 0. The highest BCUT2D eigenvalue weighted by Crippen LogP contribution is 2.22. The predicted octanol–water partition coefficient (Wildman–Crippen LogP) is 2.81. The SMILES string of the molecule is CCC(NCC1CCCO1)c1cccc([N+](=O)[O-])c1. The molecule has 19 heavy (non-hydrogen) atoms. The summed E-state index contributed by atoms with van der Waals surface area (Å²) in [7, 11) is 0. The molecule has 104 valence electrons. The Bertz CT molecular complexity index is 430. The molecule has 1 heterocycles. The monoisotopic (exact) mass is 264 g/mol. The molecule has 0 aromatic heterocycles. The molecule has 0 saturated carbocycles. The van der Waals surface area contributed by atoms with E-state index in [-0.39, 0.29) is 22.8 Å². The highest BCUT2D eigenvalue weighted by molar-refractivity contribution is 5.35. The van der Waals surface area contributed by atoms with Crippen LogP contribution in [0.25, 0.3) is 0 Å². The Morgan fingerprint density at radius 2 is 2.42 bits per heavy atom. The number of nitrogens with zero attached hydrogens (tertiary/aromatic N) is 1. The molecule has 0 amide bonds. The maximum Gasteiger partial charge on any atom is 0.269 e. The smallest absolute Gasteiger partial charge is 0.269 e. The Morgan fingerprint density at radius 1 is 1.58 bits per heavy atom. The van der Waals surface area contributed by atoms with E-state index in [1.165, 1.54) is 6.07 Å². The molecule has 1 aromatic carbocycles. The standard InChI is InChI=1S/C14H20N2O3/c1-2-14(15-10-13-7-4-8-19-13)11-5-3-6-12(9-11)16(17)18/h3,5-6,9,13-15H,2,4,7-8,10H2,1H3. The molecule has 0 bridgehead atoms. The van der Waals surface area contributed by atoms with Crippen molar-refractivity contribution >= 4 is 5.69 Å². The van der Waals surface area contributed by atoms with E-state index in [4.69, 9.17) is 4.74 Å². The predicted molar refractivity (Wildman–Crippen MR) is 73.1 cm³/mol. The van der Waals surface area contributed by atoms with Gasteiger partial charge in [0.15, 0.2) is 0 Å². The molecule has 0 radical (unpaired) electrons. The summed E-state index contributed by atoms with van der Waals surface area (Å²) in [6.45, 7) is 3.73. The summed E-state index contributed by atoms with van der Waals surface area (Å²) in [5.74, 6) is 0. The van der Waals surface area contributed by atoms with Gasteiger partial charge in [-0.1, -0.05) is 19.1 Å². The highest BCUT2D eigenvalue weighted by atomic mass is 16.6. The Balaban J connectivity index is 1.99. The lowest BCUT2D eigenvalue weighted by molar-refractivity contribution is -0.384. The zero-order valence-electron chi connectivity index (χ0n) is 11.2. The van der Waals surface area contributed by atoms with Crippen LogP contribution in [0.3, 0.4) is 0 Å². The zero-order chi connectivity index (χ0) is 13.7. The van der Waals surface area contributed by atoms with Gasteiger partial charge in [0.2, 0.25) is 0 Å². The van der Waals surface area contributed by atoms with Crippen LogP contribution in [0.15, 0.2) is 24.3 Å². The third-order valence-corrected chi connectivity index (χ3v) is 3.51. The fraction of sp³-hybridized carbons (Fsp3) is 0.571. The molecule has 1 aliphatic rings. The van der Waals surface area contributed by atoms with Crippen LogP contribution in [0, 0.1) is 10.1 Å². The molecule has 0 spiro atoms. The first-order valence-corrected chi connectivity index (χ1v) is 6.80. The van der Waals surface area contributed by atoms with Crippen LogP contribution < -0.4 is 5.32 Å². The maximum absolute atomic E-state index is 10.8. The minimum Gasteiger partial charge on any atom is -0.377 e. The van der Waals surface area contributed by atoms with E-state index in [9.17, 15) is 10.1 Å². The topological polar surface area (TPSA) is 64.4 Å². The van der Waals surface area contributed by atoms with Crippen molar-refractivity contribution in [3.8, 4) is 0 Å².